The van der Waals surface area contributed by atoms with E-state index in [1.165, 1.54) is 10.4 Å². The first kappa shape index (κ1) is 16.4. The first-order chi connectivity index (χ1) is 9.80. The largest absolute Gasteiger partial charge is 0.370 e. The lowest BCUT2D eigenvalue weighted by Crippen LogP contribution is -2.39. The van der Waals surface area contributed by atoms with E-state index in [2.05, 4.69) is 15.9 Å². The Morgan fingerprint density at radius 3 is 2.52 bits per heavy atom. The van der Waals surface area contributed by atoms with Crippen LogP contribution in [0.5, 0.6) is 0 Å². The number of amides is 1. The highest BCUT2D eigenvalue weighted by Crippen LogP contribution is 2.29. The number of rotatable bonds is 4. The maximum atomic E-state index is 13.1. The Balaban J connectivity index is 2.13. The van der Waals surface area contributed by atoms with Crippen LogP contribution in [0, 0.1) is 11.7 Å². The van der Waals surface area contributed by atoms with Crippen LogP contribution >= 0.6 is 15.9 Å². The Labute approximate surface area is 131 Å². The first-order valence-electron chi connectivity index (χ1n) is 6.54. The Morgan fingerprint density at radius 2 is 2.00 bits per heavy atom. The molecule has 1 aromatic rings. The number of halogens is 2. The fraction of sp³-hybridized carbons (Fsp3) is 0.462. The Morgan fingerprint density at radius 1 is 1.38 bits per heavy atom. The van der Waals surface area contributed by atoms with Crippen molar-refractivity contribution in [2.75, 3.05) is 13.1 Å². The highest BCUT2D eigenvalue weighted by atomic mass is 79.9. The van der Waals surface area contributed by atoms with Gasteiger partial charge in [0.2, 0.25) is 15.9 Å². The molecule has 0 radical (unpaired) electrons. The number of piperidine rings is 1. The number of nitrogens with two attached hydrogens (primary N) is 1. The van der Waals surface area contributed by atoms with Crippen LogP contribution in [-0.4, -0.2) is 31.7 Å². The topological polar surface area (TPSA) is 80.5 Å². The molecule has 0 atom stereocenters. The fourth-order valence-corrected chi connectivity index (χ4v) is 4.94. The third-order valence-corrected chi connectivity index (χ3v) is 6.45. The summed E-state index contributed by atoms with van der Waals surface area (Å²) < 4.78 is 39.7. The molecule has 2 rings (SSSR count). The maximum absolute atomic E-state index is 13.1. The lowest BCUT2D eigenvalue weighted by atomic mass is 9.94. The van der Waals surface area contributed by atoms with Gasteiger partial charge in [0.25, 0.3) is 0 Å². The van der Waals surface area contributed by atoms with Gasteiger partial charge < -0.3 is 5.73 Å². The zero-order valence-corrected chi connectivity index (χ0v) is 13.7. The number of nitrogens with zero attached hydrogens (tertiary/aromatic N) is 1. The van der Waals surface area contributed by atoms with Crippen LogP contribution in [0.4, 0.5) is 4.39 Å². The monoisotopic (exact) mass is 378 g/mol. The number of hydrogen-bond acceptors (Lipinski definition) is 3. The second kappa shape index (κ2) is 6.41. The Kier molecular flexibility index (Phi) is 5.00. The number of benzene rings is 1. The van der Waals surface area contributed by atoms with Crippen molar-refractivity contribution in [3.8, 4) is 0 Å². The van der Waals surface area contributed by atoms with Crippen molar-refractivity contribution < 1.29 is 17.6 Å². The highest BCUT2D eigenvalue weighted by Gasteiger charge is 2.31. The molecule has 116 valence electrons. The fourth-order valence-electron chi connectivity index (χ4n) is 2.46. The molecule has 1 amide bonds. The van der Waals surface area contributed by atoms with E-state index in [-0.39, 0.29) is 27.6 Å². The number of primary amides is 1. The molecular weight excluding hydrogens is 363 g/mol. The lowest BCUT2D eigenvalue weighted by molar-refractivity contribution is -0.119. The molecule has 8 heteroatoms. The molecule has 1 aliphatic rings. The summed E-state index contributed by atoms with van der Waals surface area (Å²) in [6.45, 7) is 0.675. The van der Waals surface area contributed by atoms with Crippen molar-refractivity contribution >= 4 is 31.9 Å². The van der Waals surface area contributed by atoms with Crippen LogP contribution < -0.4 is 5.73 Å². The van der Waals surface area contributed by atoms with Crippen LogP contribution in [0.3, 0.4) is 0 Å². The summed E-state index contributed by atoms with van der Waals surface area (Å²) >= 11 is 3.09. The third-order valence-electron chi connectivity index (χ3n) is 3.58. The van der Waals surface area contributed by atoms with Crippen LogP contribution in [-0.2, 0) is 14.8 Å². The van der Waals surface area contributed by atoms with Crippen LogP contribution in [0.2, 0.25) is 0 Å². The predicted molar refractivity (Wildman–Crippen MR) is 79.4 cm³/mol. The van der Waals surface area contributed by atoms with E-state index in [0.717, 1.165) is 12.1 Å². The van der Waals surface area contributed by atoms with Gasteiger partial charge in [-0.15, -0.1) is 0 Å². The molecule has 1 saturated heterocycles. The Bertz CT molecular complexity index is 643. The standard InChI is InChI=1S/C13H16BrFN2O3S/c14-11-8-10(15)1-2-12(11)21(19,20)17-5-3-9(4-6-17)7-13(16)18/h1-2,8-9H,3-7H2,(H2,16,18). The minimum Gasteiger partial charge on any atom is -0.370 e. The number of carbonyl (C=O) groups excluding carboxylic acids is 1. The summed E-state index contributed by atoms with van der Waals surface area (Å²) in [7, 11) is -3.66. The van der Waals surface area contributed by atoms with Gasteiger partial charge in [0, 0.05) is 24.0 Å². The van der Waals surface area contributed by atoms with Gasteiger partial charge in [0.05, 0.1) is 4.90 Å². The van der Waals surface area contributed by atoms with E-state index in [9.17, 15) is 17.6 Å². The summed E-state index contributed by atoms with van der Waals surface area (Å²) in [6, 6.07) is 3.51. The molecule has 2 N–H and O–H groups in total. The van der Waals surface area contributed by atoms with Crippen LogP contribution in [0.15, 0.2) is 27.6 Å². The normalized spacial score (nSPS) is 17.8. The van der Waals surface area contributed by atoms with Crippen molar-refractivity contribution in [1.82, 2.24) is 4.31 Å². The van der Waals surface area contributed by atoms with Gasteiger partial charge in [-0.2, -0.15) is 4.31 Å². The van der Waals surface area contributed by atoms with Gasteiger partial charge in [0.15, 0.2) is 0 Å². The quantitative estimate of drug-likeness (QED) is 0.867. The molecule has 5 nitrogen and oxygen atoms in total. The summed E-state index contributed by atoms with van der Waals surface area (Å²) in [6.07, 6.45) is 1.48. The van der Waals surface area contributed by atoms with Gasteiger partial charge in [-0.25, -0.2) is 12.8 Å². The van der Waals surface area contributed by atoms with Crippen molar-refractivity contribution in [3.05, 3.63) is 28.5 Å². The minimum absolute atomic E-state index is 0.0530. The van der Waals surface area contributed by atoms with Crippen molar-refractivity contribution in [3.63, 3.8) is 0 Å². The zero-order valence-electron chi connectivity index (χ0n) is 11.3. The number of sulfonamides is 1. The molecule has 0 unspecified atom stereocenters. The van der Waals surface area contributed by atoms with Gasteiger partial charge >= 0.3 is 0 Å². The third kappa shape index (κ3) is 3.81. The average Bonchev–Trinajstić information content (AvgIpc) is 2.38. The summed E-state index contributed by atoms with van der Waals surface area (Å²) in [4.78, 5) is 10.9. The second-order valence-corrected chi connectivity index (χ2v) is 7.85. The molecule has 1 aliphatic heterocycles. The molecule has 0 bridgehead atoms. The van der Waals surface area contributed by atoms with Crippen LogP contribution in [0.25, 0.3) is 0 Å². The van der Waals surface area contributed by atoms with Crippen molar-refractivity contribution in [2.45, 2.75) is 24.2 Å². The van der Waals surface area contributed by atoms with E-state index in [1.54, 1.807) is 0 Å². The average molecular weight is 379 g/mol. The number of hydrogen-bond donors (Lipinski definition) is 1. The first-order valence-corrected chi connectivity index (χ1v) is 8.77. The molecule has 1 aromatic carbocycles. The van der Waals surface area contributed by atoms with E-state index < -0.39 is 15.8 Å². The molecule has 21 heavy (non-hydrogen) atoms. The molecule has 1 heterocycles. The van der Waals surface area contributed by atoms with Gasteiger partial charge in [-0.1, -0.05) is 0 Å². The summed E-state index contributed by atoms with van der Waals surface area (Å²) in [5.74, 6) is -0.732. The van der Waals surface area contributed by atoms with E-state index >= 15 is 0 Å². The molecule has 0 spiro atoms. The molecule has 0 aromatic heterocycles. The van der Waals surface area contributed by atoms with E-state index in [4.69, 9.17) is 5.73 Å². The van der Waals surface area contributed by atoms with E-state index in [0.29, 0.717) is 25.9 Å². The summed E-state index contributed by atoms with van der Waals surface area (Å²) in [5.41, 5.74) is 5.16. The van der Waals surface area contributed by atoms with E-state index in [1.807, 2.05) is 0 Å². The molecule has 1 fully saturated rings. The predicted octanol–water partition coefficient (Wildman–Crippen LogP) is 1.86. The van der Waals surface area contributed by atoms with Crippen molar-refractivity contribution in [2.24, 2.45) is 11.7 Å². The number of carbonyl (C=O) groups is 1. The smallest absolute Gasteiger partial charge is 0.244 e. The zero-order chi connectivity index (χ0) is 15.6. The molecule has 0 saturated carbocycles. The Hall–Kier alpha value is -0.990. The highest BCUT2D eigenvalue weighted by molar-refractivity contribution is 9.10. The second-order valence-electron chi connectivity index (χ2n) is 5.09. The lowest BCUT2D eigenvalue weighted by Gasteiger charge is -2.30. The van der Waals surface area contributed by atoms with Gasteiger partial charge in [-0.05, 0) is 52.9 Å². The molecule has 0 aliphatic carbocycles. The SMILES string of the molecule is NC(=O)CC1CCN(S(=O)(=O)c2ccc(F)cc2Br)CC1. The summed E-state index contributed by atoms with van der Waals surface area (Å²) in [5, 5.41) is 0. The van der Waals surface area contributed by atoms with Gasteiger partial charge in [0.1, 0.15) is 5.82 Å². The van der Waals surface area contributed by atoms with Crippen LogP contribution in [0.1, 0.15) is 19.3 Å². The van der Waals surface area contributed by atoms with Crippen molar-refractivity contribution in [1.29, 1.82) is 0 Å². The molecular formula is C13H16BrFN2O3S. The minimum atomic E-state index is -3.66. The maximum Gasteiger partial charge on any atom is 0.244 e. The van der Waals surface area contributed by atoms with Gasteiger partial charge in [-0.3, -0.25) is 4.79 Å².